The summed E-state index contributed by atoms with van der Waals surface area (Å²) in [6.45, 7) is 10.8. The first kappa shape index (κ1) is 14.5. The molecule has 0 spiro atoms. The lowest BCUT2D eigenvalue weighted by Crippen LogP contribution is -2.51. The second-order valence-corrected chi connectivity index (χ2v) is 5.77. The Labute approximate surface area is 105 Å². The van der Waals surface area contributed by atoms with Gasteiger partial charge in [-0.25, -0.2) is 0 Å². The number of nitrogens with zero attached hydrogens (tertiary/aromatic N) is 1. The third-order valence-electron chi connectivity index (χ3n) is 3.86. The second-order valence-electron chi connectivity index (χ2n) is 5.77. The molecule has 1 saturated heterocycles. The number of nitrogens with one attached hydrogen (secondary N) is 1. The predicted molar refractivity (Wildman–Crippen MR) is 70.6 cm³/mol. The molecule has 1 heterocycles. The van der Waals surface area contributed by atoms with Gasteiger partial charge in [0.25, 0.3) is 0 Å². The van der Waals surface area contributed by atoms with Crippen LogP contribution in [0, 0.1) is 11.8 Å². The van der Waals surface area contributed by atoms with Gasteiger partial charge in [-0.3, -0.25) is 9.69 Å². The molecule has 100 valence electrons. The van der Waals surface area contributed by atoms with Crippen LogP contribution in [0.15, 0.2) is 0 Å². The summed E-state index contributed by atoms with van der Waals surface area (Å²) in [7, 11) is 0. The first-order chi connectivity index (χ1) is 7.90. The summed E-state index contributed by atoms with van der Waals surface area (Å²) in [4.78, 5) is 14.0. The number of carbonyl (C=O) groups excluding carboxylic acids is 1. The lowest BCUT2D eigenvalue weighted by molar-refractivity contribution is -0.123. The molecular formula is C13H27N3O. The van der Waals surface area contributed by atoms with Crippen LogP contribution < -0.4 is 11.1 Å². The van der Waals surface area contributed by atoms with Gasteiger partial charge in [0.15, 0.2) is 0 Å². The molecule has 0 saturated carbocycles. The number of rotatable bonds is 4. The number of hydrogen-bond donors (Lipinski definition) is 2. The fourth-order valence-electron chi connectivity index (χ4n) is 1.98. The van der Waals surface area contributed by atoms with Crippen LogP contribution in [0.3, 0.4) is 0 Å². The molecule has 0 bridgehead atoms. The Morgan fingerprint density at radius 3 is 2.65 bits per heavy atom. The molecule has 3 unspecified atom stereocenters. The van der Waals surface area contributed by atoms with E-state index in [0.29, 0.717) is 18.4 Å². The zero-order valence-electron chi connectivity index (χ0n) is 11.6. The maximum atomic E-state index is 11.8. The fourth-order valence-corrected chi connectivity index (χ4v) is 1.98. The van der Waals surface area contributed by atoms with Crippen molar-refractivity contribution in [3.8, 4) is 0 Å². The summed E-state index contributed by atoms with van der Waals surface area (Å²) in [5, 5.41) is 3.03. The van der Waals surface area contributed by atoms with E-state index in [1.54, 1.807) is 0 Å². The summed E-state index contributed by atoms with van der Waals surface area (Å²) in [5.74, 6) is 1.17. The first-order valence-electron chi connectivity index (χ1n) is 6.67. The van der Waals surface area contributed by atoms with E-state index in [-0.39, 0.29) is 18.0 Å². The Kier molecular flexibility index (Phi) is 5.40. The second kappa shape index (κ2) is 6.36. The Morgan fingerprint density at radius 2 is 2.12 bits per heavy atom. The van der Waals surface area contributed by atoms with Gasteiger partial charge in [0.1, 0.15) is 0 Å². The lowest BCUT2D eigenvalue weighted by Gasteiger charge is -2.34. The summed E-state index contributed by atoms with van der Waals surface area (Å²) in [5.41, 5.74) is 6.02. The topological polar surface area (TPSA) is 58.4 Å². The van der Waals surface area contributed by atoms with E-state index >= 15 is 0 Å². The molecule has 1 fully saturated rings. The van der Waals surface area contributed by atoms with Crippen molar-refractivity contribution in [1.29, 1.82) is 0 Å². The SMILES string of the molecule is CC(C)C(C)NC(=O)CN1CCC(C)C(N)C1. The highest BCUT2D eigenvalue weighted by Crippen LogP contribution is 2.14. The molecule has 0 aromatic carbocycles. The van der Waals surface area contributed by atoms with Crippen LogP contribution in [0.25, 0.3) is 0 Å². The van der Waals surface area contributed by atoms with Crippen LogP contribution in [0.5, 0.6) is 0 Å². The molecule has 0 radical (unpaired) electrons. The van der Waals surface area contributed by atoms with E-state index < -0.39 is 0 Å². The van der Waals surface area contributed by atoms with Crippen LogP contribution in [-0.2, 0) is 4.79 Å². The maximum Gasteiger partial charge on any atom is 0.234 e. The van der Waals surface area contributed by atoms with Crippen molar-refractivity contribution in [3.63, 3.8) is 0 Å². The standard InChI is InChI=1S/C13H27N3O/c1-9(2)11(4)15-13(17)8-16-6-5-10(3)12(14)7-16/h9-12H,5-8,14H2,1-4H3,(H,15,17). The number of likely N-dealkylation sites (tertiary alicyclic amines) is 1. The average molecular weight is 241 g/mol. The van der Waals surface area contributed by atoms with Gasteiger partial charge in [0, 0.05) is 18.6 Å². The van der Waals surface area contributed by atoms with E-state index in [9.17, 15) is 4.79 Å². The molecule has 1 aliphatic rings. The van der Waals surface area contributed by atoms with Crippen molar-refractivity contribution in [1.82, 2.24) is 10.2 Å². The minimum Gasteiger partial charge on any atom is -0.352 e. The van der Waals surface area contributed by atoms with Crippen molar-refractivity contribution < 1.29 is 4.79 Å². The Hall–Kier alpha value is -0.610. The number of piperidine rings is 1. The van der Waals surface area contributed by atoms with Gasteiger partial charge in [-0.05, 0) is 31.7 Å². The molecule has 1 rings (SSSR count). The molecule has 17 heavy (non-hydrogen) atoms. The van der Waals surface area contributed by atoms with Crippen molar-refractivity contribution in [3.05, 3.63) is 0 Å². The lowest BCUT2D eigenvalue weighted by atomic mass is 9.94. The smallest absolute Gasteiger partial charge is 0.234 e. The molecule has 3 atom stereocenters. The summed E-state index contributed by atoms with van der Waals surface area (Å²) < 4.78 is 0. The zero-order chi connectivity index (χ0) is 13.0. The van der Waals surface area contributed by atoms with Gasteiger partial charge in [-0.15, -0.1) is 0 Å². The van der Waals surface area contributed by atoms with Crippen LogP contribution in [0.2, 0.25) is 0 Å². The normalized spacial score (nSPS) is 28.1. The number of carbonyl (C=O) groups is 1. The summed E-state index contributed by atoms with van der Waals surface area (Å²) >= 11 is 0. The van der Waals surface area contributed by atoms with Crippen LogP contribution >= 0.6 is 0 Å². The van der Waals surface area contributed by atoms with E-state index in [1.807, 2.05) is 6.92 Å². The van der Waals surface area contributed by atoms with E-state index in [0.717, 1.165) is 19.5 Å². The Bertz CT molecular complexity index is 255. The summed E-state index contributed by atoms with van der Waals surface area (Å²) in [6.07, 6.45) is 1.09. The molecule has 4 heteroatoms. The van der Waals surface area contributed by atoms with Gasteiger partial charge < -0.3 is 11.1 Å². The fraction of sp³-hybridized carbons (Fsp3) is 0.923. The maximum absolute atomic E-state index is 11.8. The highest BCUT2D eigenvalue weighted by molar-refractivity contribution is 5.78. The molecule has 0 aliphatic carbocycles. The molecule has 0 aromatic heterocycles. The summed E-state index contributed by atoms with van der Waals surface area (Å²) in [6, 6.07) is 0.443. The molecular weight excluding hydrogens is 214 g/mol. The third kappa shape index (κ3) is 4.64. The van der Waals surface area contributed by atoms with Crippen molar-refractivity contribution in [2.75, 3.05) is 19.6 Å². The van der Waals surface area contributed by atoms with Gasteiger partial charge >= 0.3 is 0 Å². The minimum absolute atomic E-state index is 0.118. The molecule has 3 N–H and O–H groups in total. The average Bonchev–Trinajstić information content (AvgIpc) is 2.23. The van der Waals surface area contributed by atoms with E-state index in [4.69, 9.17) is 5.73 Å². The Balaban J connectivity index is 2.32. The van der Waals surface area contributed by atoms with Gasteiger partial charge in [-0.2, -0.15) is 0 Å². The number of hydrogen-bond acceptors (Lipinski definition) is 3. The molecule has 0 aromatic rings. The van der Waals surface area contributed by atoms with E-state index in [1.165, 1.54) is 0 Å². The molecule has 1 amide bonds. The van der Waals surface area contributed by atoms with Gasteiger partial charge in [0.2, 0.25) is 5.91 Å². The van der Waals surface area contributed by atoms with Crippen molar-refractivity contribution >= 4 is 5.91 Å². The van der Waals surface area contributed by atoms with Gasteiger partial charge in [0.05, 0.1) is 6.54 Å². The monoisotopic (exact) mass is 241 g/mol. The quantitative estimate of drug-likeness (QED) is 0.766. The number of amides is 1. The predicted octanol–water partition coefficient (Wildman–Crippen LogP) is 0.816. The first-order valence-corrected chi connectivity index (χ1v) is 6.67. The third-order valence-corrected chi connectivity index (χ3v) is 3.86. The van der Waals surface area contributed by atoms with Crippen molar-refractivity contribution in [2.24, 2.45) is 17.6 Å². The van der Waals surface area contributed by atoms with E-state index in [2.05, 4.69) is 31.0 Å². The van der Waals surface area contributed by atoms with Crippen molar-refractivity contribution in [2.45, 2.75) is 46.2 Å². The number of nitrogens with two attached hydrogens (primary N) is 1. The minimum atomic E-state index is 0.118. The van der Waals surface area contributed by atoms with Crippen LogP contribution in [-0.4, -0.2) is 42.5 Å². The Morgan fingerprint density at radius 1 is 1.47 bits per heavy atom. The highest BCUT2D eigenvalue weighted by Gasteiger charge is 2.24. The molecule has 4 nitrogen and oxygen atoms in total. The molecule has 1 aliphatic heterocycles. The van der Waals surface area contributed by atoms with Crippen LogP contribution in [0.4, 0.5) is 0 Å². The van der Waals surface area contributed by atoms with Crippen LogP contribution in [0.1, 0.15) is 34.1 Å². The zero-order valence-corrected chi connectivity index (χ0v) is 11.6. The largest absolute Gasteiger partial charge is 0.352 e. The highest BCUT2D eigenvalue weighted by atomic mass is 16.2. The van der Waals surface area contributed by atoms with Gasteiger partial charge in [-0.1, -0.05) is 20.8 Å².